The number of nitrogens with one attached hydrogen (secondary N) is 1. The molecule has 0 aliphatic heterocycles. The molecule has 1 aliphatic rings. The zero-order chi connectivity index (χ0) is 15.1. The Labute approximate surface area is 135 Å². The standard InChI is InChI=1S/C19H30ClN/c1-3-13-21-19(12-10-16-7-5-4-6-8-16)17-11-9-15(2)18(20)14-17/h9,11,14,16,19,21H,3-8,10,12-13H2,1-2H3. The first-order valence-corrected chi connectivity index (χ1v) is 9.08. The third-order valence-corrected chi connectivity index (χ3v) is 5.23. The number of rotatable bonds is 7. The topological polar surface area (TPSA) is 12.0 Å². The average Bonchev–Trinajstić information content (AvgIpc) is 2.51. The third kappa shape index (κ3) is 5.30. The van der Waals surface area contributed by atoms with Gasteiger partial charge in [0.1, 0.15) is 0 Å². The minimum atomic E-state index is 0.463. The van der Waals surface area contributed by atoms with Crippen LogP contribution in [0.5, 0.6) is 0 Å². The Bertz CT molecular complexity index is 424. The lowest BCUT2D eigenvalue weighted by Crippen LogP contribution is -2.23. The Kier molecular flexibility index (Phi) is 7.06. The van der Waals surface area contributed by atoms with Gasteiger partial charge in [0.15, 0.2) is 0 Å². The van der Waals surface area contributed by atoms with Crippen LogP contribution in [-0.2, 0) is 0 Å². The molecule has 1 aromatic carbocycles. The highest BCUT2D eigenvalue weighted by molar-refractivity contribution is 6.31. The maximum atomic E-state index is 6.31. The fraction of sp³-hybridized carbons (Fsp3) is 0.684. The first kappa shape index (κ1) is 16.8. The molecule has 21 heavy (non-hydrogen) atoms. The van der Waals surface area contributed by atoms with Crippen molar-refractivity contribution in [2.75, 3.05) is 6.54 Å². The first-order chi connectivity index (χ1) is 10.2. The van der Waals surface area contributed by atoms with Crippen molar-refractivity contribution < 1.29 is 0 Å². The van der Waals surface area contributed by atoms with Gasteiger partial charge < -0.3 is 5.32 Å². The zero-order valence-corrected chi connectivity index (χ0v) is 14.4. The van der Waals surface area contributed by atoms with Crippen molar-refractivity contribution in [3.63, 3.8) is 0 Å². The van der Waals surface area contributed by atoms with Crippen LogP contribution in [0.25, 0.3) is 0 Å². The van der Waals surface area contributed by atoms with Gasteiger partial charge in [0, 0.05) is 11.1 Å². The molecule has 2 rings (SSSR count). The van der Waals surface area contributed by atoms with E-state index in [-0.39, 0.29) is 0 Å². The van der Waals surface area contributed by atoms with Crippen molar-refractivity contribution in [3.8, 4) is 0 Å². The number of hydrogen-bond acceptors (Lipinski definition) is 1. The highest BCUT2D eigenvalue weighted by Crippen LogP contribution is 2.31. The van der Waals surface area contributed by atoms with Gasteiger partial charge in [-0.1, -0.05) is 62.8 Å². The highest BCUT2D eigenvalue weighted by atomic mass is 35.5. The second-order valence-corrected chi connectivity index (χ2v) is 7.00. The fourth-order valence-electron chi connectivity index (χ4n) is 3.41. The lowest BCUT2D eigenvalue weighted by molar-refractivity contribution is 0.314. The van der Waals surface area contributed by atoms with Crippen LogP contribution in [0.3, 0.4) is 0 Å². The van der Waals surface area contributed by atoms with Crippen LogP contribution in [-0.4, -0.2) is 6.54 Å². The van der Waals surface area contributed by atoms with Gasteiger partial charge in [-0.05, 0) is 55.8 Å². The fourth-order valence-corrected chi connectivity index (χ4v) is 3.60. The summed E-state index contributed by atoms with van der Waals surface area (Å²) in [7, 11) is 0. The van der Waals surface area contributed by atoms with Crippen molar-refractivity contribution in [1.29, 1.82) is 0 Å². The van der Waals surface area contributed by atoms with Crippen LogP contribution in [0.1, 0.15) is 75.5 Å². The molecule has 1 fully saturated rings. The quantitative estimate of drug-likeness (QED) is 0.646. The molecule has 1 saturated carbocycles. The van der Waals surface area contributed by atoms with Crippen molar-refractivity contribution >= 4 is 11.6 Å². The zero-order valence-electron chi connectivity index (χ0n) is 13.6. The van der Waals surface area contributed by atoms with Gasteiger partial charge in [-0.3, -0.25) is 0 Å². The molecule has 1 unspecified atom stereocenters. The average molecular weight is 308 g/mol. The molecule has 0 heterocycles. The third-order valence-electron chi connectivity index (χ3n) is 4.83. The number of hydrogen-bond donors (Lipinski definition) is 1. The number of aryl methyl sites for hydroxylation is 1. The molecule has 1 aliphatic carbocycles. The van der Waals surface area contributed by atoms with Crippen molar-refractivity contribution in [2.45, 2.75) is 71.3 Å². The predicted octanol–water partition coefficient (Wildman–Crippen LogP) is 6.05. The van der Waals surface area contributed by atoms with E-state index in [4.69, 9.17) is 11.6 Å². The van der Waals surface area contributed by atoms with E-state index in [2.05, 4.69) is 37.4 Å². The normalized spacial score (nSPS) is 17.9. The summed E-state index contributed by atoms with van der Waals surface area (Å²) in [5, 5.41) is 4.61. The van der Waals surface area contributed by atoms with Gasteiger partial charge >= 0.3 is 0 Å². The van der Waals surface area contributed by atoms with E-state index in [1.54, 1.807) is 0 Å². The molecule has 1 aromatic rings. The Balaban J connectivity index is 1.97. The summed E-state index contributed by atoms with van der Waals surface area (Å²) in [6.45, 7) is 5.39. The van der Waals surface area contributed by atoms with Gasteiger partial charge in [-0.2, -0.15) is 0 Å². The van der Waals surface area contributed by atoms with Crippen LogP contribution >= 0.6 is 11.6 Å². The van der Waals surface area contributed by atoms with E-state index in [1.165, 1.54) is 62.5 Å². The van der Waals surface area contributed by atoms with Gasteiger partial charge in [0.05, 0.1) is 0 Å². The summed E-state index contributed by atoms with van der Waals surface area (Å²) in [6.07, 6.45) is 11.0. The van der Waals surface area contributed by atoms with Crippen LogP contribution in [0.4, 0.5) is 0 Å². The molecular formula is C19H30ClN. The molecule has 118 valence electrons. The van der Waals surface area contributed by atoms with E-state index in [0.717, 1.165) is 17.5 Å². The Morgan fingerprint density at radius 3 is 2.67 bits per heavy atom. The molecule has 2 heteroatoms. The van der Waals surface area contributed by atoms with Crippen LogP contribution < -0.4 is 5.32 Å². The SMILES string of the molecule is CCCNC(CCC1CCCCC1)c1ccc(C)c(Cl)c1. The Morgan fingerprint density at radius 1 is 1.24 bits per heavy atom. The molecule has 0 aromatic heterocycles. The van der Waals surface area contributed by atoms with E-state index in [0.29, 0.717) is 6.04 Å². The summed E-state index contributed by atoms with van der Waals surface area (Å²) in [6, 6.07) is 7.02. The predicted molar refractivity (Wildman–Crippen MR) is 93.0 cm³/mol. The maximum Gasteiger partial charge on any atom is 0.0438 e. The van der Waals surface area contributed by atoms with Gasteiger partial charge in [-0.15, -0.1) is 0 Å². The minimum Gasteiger partial charge on any atom is -0.310 e. The smallest absolute Gasteiger partial charge is 0.0438 e. The van der Waals surface area contributed by atoms with Crippen molar-refractivity contribution in [2.24, 2.45) is 5.92 Å². The van der Waals surface area contributed by atoms with Crippen molar-refractivity contribution in [3.05, 3.63) is 34.3 Å². The summed E-state index contributed by atoms with van der Waals surface area (Å²) in [4.78, 5) is 0. The molecule has 0 amide bonds. The lowest BCUT2D eigenvalue weighted by atomic mass is 9.84. The van der Waals surface area contributed by atoms with Gasteiger partial charge in [-0.25, -0.2) is 0 Å². The molecule has 1 N–H and O–H groups in total. The van der Waals surface area contributed by atoms with Crippen LogP contribution in [0, 0.1) is 12.8 Å². The first-order valence-electron chi connectivity index (χ1n) is 8.70. The molecule has 0 saturated heterocycles. The Hall–Kier alpha value is -0.530. The molecule has 0 spiro atoms. The summed E-state index contributed by atoms with van der Waals surface area (Å²) in [5.74, 6) is 0.950. The van der Waals surface area contributed by atoms with Crippen molar-refractivity contribution in [1.82, 2.24) is 5.32 Å². The minimum absolute atomic E-state index is 0.463. The van der Waals surface area contributed by atoms with Crippen LogP contribution in [0.15, 0.2) is 18.2 Å². The molecule has 1 atom stereocenters. The van der Waals surface area contributed by atoms with E-state index in [9.17, 15) is 0 Å². The number of halogens is 1. The van der Waals surface area contributed by atoms with Crippen LogP contribution in [0.2, 0.25) is 5.02 Å². The second kappa shape index (κ2) is 8.80. The summed E-state index contributed by atoms with van der Waals surface area (Å²) in [5.41, 5.74) is 2.52. The van der Waals surface area contributed by atoms with E-state index in [1.807, 2.05) is 0 Å². The second-order valence-electron chi connectivity index (χ2n) is 6.60. The molecule has 0 radical (unpaired) electrons. The van der Waals surface area contributed by atoms with E-state index >= 15 is 0 Å². The summed E-state index contributed by atoms with van der Waals surface area (Å²) >= 11 is 6.31. The lowest BCUT2D eigenvalue weighted by Gasteiger charge is -2.25. The Morgan fingerprint density at radius 2 is 2.00 bits per heavy atom. The van der Waals surface area contributed by atoms with Gasteiger partial charge in [0.2, 0.25) is 0 Å². The molecular weight excluding hydrogens is 278 g/mol. The largest absolute Gasteiger partial charge is 0.310 e. The maximum absolute atomic E-state index is 6.31. The summed E-state index contributed by atoms with van der Waals surface area (Å²) < 4.78 is 0. The van der Waals surface area contributed by atoms with Gasteiger partial charge in [0.25, 0.3) is 0 Å². The molecule has 1 nitrogen and oxygen atoms in total. The monoisotopic (exact) mass is 307 g/mol. The molecule has 0 bridgehead atoms. The number of benzene rings is 1. The highest BCUT2D eigenvalue weighted by Gasteiger charge is 2.17. The van der Waals surface area contributed by atoms with E-state index < -0.39 is 0 Å².